The lowest BCUT2D eigenvalue weighted by Crippen LogP contribution is -2.41. The number of nitrogens with zero attached hydrogens (tertiary/aromatic N) is 3. The molecule has 1 amide bonds. The highest BCUT2D eigenvalue weighted by atomic mass is 16.4. The minimum atomic E-state index is -1.31. The molecule has 12 heteroatoms. The fourth-order valence-electron chi connectivity index (χ4n) is 4.02. The second-order valence-electron chi connectivity index (χ2n) is 8.93. The van der Waals surface area contributed by atoms with Crippen molar-refractivity contribution in [2.75, 3.05) is 16.8 Å². The van der Waals surface area contributed by atoms with Crippen molar-refractivity contribution in [1.82, 2.24) is 20.3 Å². The molecule has 1 atom stereocenters. The molecule has 0 radical (unpaired) electrons. The Morgan fingerprint density at radius 3 is 2.38 bits per heavy atom. The van der Waals surface area contributed by atoms with Gasteiger partial charge in [-0.2, -0.15) is 9.97 Å². The molecule has 2 aromatic carbocycles. The molecule has 8 N–H and O–H groups in total. The minimum Gasteiger partial charge on any atom is -0.481 e. The molecule has 200 valence electrons. The Morgan fingerprint density at radius 2 is 1.72 bits per heavy atom. The van der Waals surface area contributed by atoms with Crippen LogP contribution in [-0.2, 0) is 16.1 Å². The number of amides is 1. The smallest absolute Gasteiger partial charge is 0.326 e. The number of aliphatic carboxylic acids is 2. The van der Waals surface area contributed by atoms with E-state index in [0.29, 0.717) is 29.0 Å². The molecule has 2 heterocycles. The SMILES string of the molecule is Cc1cccc(-c2nc3nc(N)nc(N)c3cc2CNc2ccc(C(=O)N[C@@H](CCC(=O)O)C(=O)O)cc2)c1. The summed E-state index contributed by atoms with van der Waals surface area (Å²) in [7, 11) is 0. The number of carboxylic acids is 2. The third-order valence-electron chi connectivity index (χ3n) is 5.98. The number of fused-ring (bicyclic) bond motifs is 1. The molecule has 0 aliphatic heterocycles. The Bertz CT molecular complexity index is 1560. The molecular formula is C27H27N7O5. The predicted molar refractivity (Wildman–Crippen MR) is 146 cm³/mol. The molecule has 2 aromatic heterocycles. The molecule has 0 fully saturated rings. The van der Waals surface area contributed by atoms with Gasteiger partial charge >= 0.3 is 11.9 Å². The number of hydrogen-bond acceptors (Lipinski definition) is 9. The summed E-state index contributed by atoms with van der Waals surface area (Å²) in [5.74, 6) is -2.80. The van der Waals surface area contributed by atoms with Crippen LogP contribution in [0.4, 0.5) is 17.5 Å². The van der Waals surface area contributed by atoms with Crippen molar-refractivity contribution in [3.05, 3.63) is 71.3 Å². The maximum absolute atomic E-state index is 12.5. The van der Waals surface area contributed by atoms with Gasteiger partial charge in [-0.3, -0.25) is 9.59 Å². The summed E-state index contributed by atoms with van der Waals surface area (Å²) < 4.78 is 0. The Hall–Kier alpha value is -5.26. The maximum atomic E-state index is 12.5. The second-order valence-corrected chi connectivity index (χ2v) is 8.93. The number of carbonyl (C=O) groups excluding carboxylic acids is 1. The molecule has 0 bridgehead atoms. The Morgan fingerprint density at radius 1 is 0.974 bits per heavy atom. The highest BCUT2D eigenvalue weighted by molar-refractivity contribution is 5.97. The van der Waals surface area contributed by atoms with Crippen LogP contribution in [0.2, 0.25) is 0 Å². The van der Waals surface area contributed by atoms with Crippen molar-refractivity contribution < 1.29 is 24.6 Å². The number of hydrogen-bond donors (Lipinski definition) is 6. The van der Waals surface area contributed by atoms with Gasteiger partial charge in [-0.25, -0.2) is 9.78 Å². The van der Waals surface area contributed by atoms with E-state index in [1.54, 1.807) is 24.3 Å². The molecular weight excluding hydrogens is 502 g/mol. The first-order chi connectivity index (χ1) is 18.6. The van der Waals surface area contributed by atoms with Crippen LogP contribution in [0.5, 0.6) is 0 Å². The van der Waals surface area contributed by atoms with Crippen LogP contribution in [0.1, 0.15) is 34.3 Å². The average Bonchev–Trinajstić information content (AvgIpc) is 2.89. The standard InChI is InChI=1S/C27H27N7O5/c1-14-3-2-4-16(11-14)22-17(12-19-23(28)33-27(29)34-24(19)32-22)13-30-18-7-5-15(6-8-18)25(37)31-20(26(38)39)9-10-21(35)36/h2-8,11-12,20,30H,9-10,13H2,1H3,(H,31,37)(H,35,36)(H,38,39)(H4,28,29,32,33,34)/t20-/m0/s1. The molecule has 4 aromatic rings. The summed E-state index contributed by atoms with van der Waals surface area (Å²) in [6.45, 7) is 2.35. The largest absolute Gasteiger partial charge is 0.481 e. The highest BCUT2D eigenvalue weighted by Gasteiger charge is 2.21. The van der Waals surface area contributed by atoms with E-state index >= 15 is 0 Å². The van der Waals surface area contributed by atoms with Gasteiger partial charge in [0.15, 0.2) is 5.65 Å². The number of nitrogens with one attached hydrogen (secondary N) is 2. The van der Waals surface area contributed by atoms with Crippen LogP contribution in [0, 0.1) is 6.92 Å². The zero-order chi connectivity index (χ0) is 28.1. The first-order valence-electron chi connectivity index (χ1n) is 12.0. The second kappa shape index (κ2) is 11.4. The molecule has 0 aliphatic carbocycles. The molecule has 4 rings (SSSR count). The first-order valence-corrected chi connectivity index (χ1v) is 12.0. The zero-order valence-electron chi connectivity index (χ0n) is 21.0. The Labute approximate surface area is 223 Å². The quantitative estimate of drug-likeness (QED) is 0.176. The number of nitrogen functional groups attached to an aromatic ring is 2. The van der Waals surface area contributed by atoms with E-state index in [1.807, 2.05) is 37.3 Å². The van der Waals surface area contributed by atoms with Gasteiger partial charge in [0.05, 0.1) is 11.1 Å². The van der Waals surface area contributed by atoms with Crippen LogP contribution in [0.3, 0.4) is 0 Å². The van der Waals surface area contributed by atoms with E-state index < -0.39 is 23.9 Å². The molecule has 0 saturated heterocycles. The summed E-state index contributed by atoms with van der Waals surface area (Å²) in [4.78, 5) is 47.7. The third-order valence-corrected chi connectivity index (χ3v) is 5.98. The van der Waals surface area contributed by atoms with E-state index in [1.165, 1.54) is 0 Å². The van der Waals surface area contributed by atoms with Gasteiger partial charge in [0.1, 0.15) is 11.9 Å². The summed E-state index contributed by atoms with van der Waals surface area (Å²) >= 11 is 0. The fraction of sp³-hybridized carbons (Fsp3) is 0.185. The third kappa shape index (κ3) is 6.55. The van der Waals surface area contributed by atoms with Crippen molar-refractivity contribution >= 4 is 46.3 Å². The highest BCUT2D eigenvalue weighted by Crippen LogP contribution is 2.29. The van der Waals surface area contributed by atoms with E-state index in [9.17, 15) is 19.5 Å². The summed E-state index contributed by atoms with van der Waals surface area (Å²) in [5, 5.41) is 24.3. The van der Waals surface area contributed by atoms with Crippen molar-refractivity contribution in [3.8, 4) is 11.3 Å². The molecule has 39 heavy (non-hydrogen) atoms. The van der Waals surface area contributed by atoms with Gasteiger partial charge in [0.25, 0.3) is 5.91 Å². The van der Waals surface area contributed by atoms with Crippen molar-refractivity contribution in [3.63, 3.8) is 0 Å². The lowest BCUT2D eigenvalue weighted by atomic mass is 10.0. The number of anilines is 3. The number of aryl methyl sites for hydroxylation is 1. The number of pyridine rings is 1. The minimum absolute atomic E-state index is 0.0363. The lowest BCUT2D eigenvalue weighted by Gasteiger charge is -2.15. The van der Waals surface area contributed by atoms with Gasteiger partial charge in [-0.05, 0) is 55.3 Å². The number of benzene rings is 2. The van der Waals surface area contributed by atoms with Crippen LogP contribution in [-0.4, -0.2) is 49.1 Å². The van der Waals surface area contributed by atoms with Crippen molar-refractivity contribution in [2.45, 2.75) is 32.4 Å². The van der Waals surface area contributed by atoms with Crippen molar-refractivity contribution in [1.29, 1.82) is 0 Å². The monoisotopic (exact) mass is 529 g/mol. The van der Waals surface area contributed by atoms with Crippen LogP contribution in [0.25, 0.3) is 22.3 Å². The number of rotatable bonds is 10. The van der Waals surface area contributed by atoms with E-state index in [4.69, 9.17) is 21.6 Å². The molecule has 0 unspecified atom stereocenters. The summed E-state index contributed by atoms with van der Waals surface area (Å²) in [6, 6.07) is 14.9. The van der Waals surface area contributed by atoms with Crippen LogP contribution >= 0.6 is 0 Å². The Kier molecular flexibility index (Phi) is 7.85. The normalized spacial score (nSPS) is 11.6. The van der Waals surface area contributed by atoms with Gasteiger partial charge in [0.2, 0.25) is 5.95 Å². The van der Waals surface area contributed by atoms with Gasteiger partial charge < -0.3 is 32.3 Å². The van der Waals surface area contributed by atoms with E-state index in [0.717, 1.165) is 16.7 Å². The Balaban J connectivity index is 1.54. The molecule has 0 aliphatic rings. The van der Waals surface area contributed by atoms with Crippen molar-refractivity contribution in [2.24, 2.45) is 0 Å². The lowest BCUT2D eigenvalue weighted by molar-refractivity contribution is -0.140. The number of aromatic nitrogens is 3. The van der Waals surface area contributed by atoms with E-state index in [2.05, 4.69) is 20.6 Å². The van der Waals surface area contributed by atoms with Gasteiger partial charge in [-0.15, -0.1) is 0 Å². The first kappa shape index (κ1) is 26.8. The average molecular weight is 530 g/mol. The van der Waals surface area contributed by atoms with Gasteiger partial charge in [0, 0.05) is 29.8 Å². The van der Waals surface area contributed by atoms with Crippen LogP contribution < -0.4 is 22.1 Å². The molecule has 12 nitrogen and oxygen atoms in total. The zero-order valence-corrected chi connectivity index (χ0v) is 21.0. The number of carboxylic acid groups (broad SMARTS) is 2. The fourth-order valence-corrected chi connectivity index (χ4v) is 4.02. The molecule has 0 spiro atoms. The summed E-state index contributed by atoms with van der Waals surface area (Å²) in [6.07, 6.45) is -0.597. The summed E-state index contributed by atoms with van der Waals surface area (Å²) in [5.41, 5.74) is 16.7. The number of carbonyl (C=O) groups is 3. The van der Waals surface area contributed by atoms with E-state index in [-0.39, 0.29) is 30.2 Å². The van der Waals surface area contributed by atoms with Gasteiger partial charge in [-0.1, -0.05) is 23.8 Å². The topological polar surface area (TPSA) is 206 Å². The predicted octanol–water partition coefficient (Wildman–Crippen LogP) is 2.82. The molecule has 0 saturated carbocycles. The maximum Gasteiger partial charge on any atom is 0.326 e. The number of nitrogens with two attached hydrogens (primary N) is 2. The van der Waals surface area contributed by atoms with Crippen LogP contribution in [0.15, 0.2) is 54.6 Å².